The normalized spacial score (nSPS) is 30.7. The number of unbranched alkanes of at least 4 members (excludes halogenated alkanes) is 1. The first-order chi connectivity index (χ1) is 17.4. The standard InChI is InChI=1S/C24H31BrN6O5/c1-2-9-26-21(33)17-18-23(35)30(10-5-6-11-32)20(24(18)12-14(25)19(17)36-24)22(34)27-13-31-16-8-4-3-7-15(16)28-29-31/h3-4,7-8,14,17-20,32H,2,5-6,9-13H2,1H3,(H,26,33)(H,27,34)/t14?,17-,18+,19-,20?,24?/m1/s1. The van der Waals surface area contributed by atoms with E-state index in [1.54, 1.807) is 9.58 Å². The van der Waals surface area contributed by atoms with Crippen LogP contribution in [0, 0.1) is 11.8 Å². The summed E-state index contributed by atoms with van der Waals surface area (Å²) in [5.41, 5.74) is 0.396. The molecular weight excluding hydrogens is 532 g/mol. The third-order valence-electron chi connectivity index (χ3n) is 7.52. The van der Waals surface area contributed by atoms with Crippen molar-refractivity contribution in [3.05, 3.63) is 24.3 Å². The van der Waals surface area contributed by atoms with Gasteiger partial charge in [0.1, 0.15) is 23.8 Å². The number of rotatable bonds is 10. The molecule has 0 saturated carbocycles. The highest BCUT2D eigenvalue weighted by Crippen LogP contribution is 2.59. The monoisotopic (exact) mass is 562 g/mol. The Labute approximate surface area is 217 Å². The fourth-order valence-corrected chi connectivity index (χ4v) is 6.96. The van der Waals surface area contributed by atoms with Crippen molar-refractivity contribution in [1.82, 2.24) is 30.5 Å². The number of alkyl halides is 1. The molecule has 3 aliphatic heterocycles. The number of hydrogen-bond acceptors (Lipinski definition) is 7. The quantitative estimate of drug-likeness (QED) is 0.284. The van der Waals surface area contributed by atoms with E-state index in [-0.39, 0.29) is 35.8 Å². The summed E-state index contributed by atoms with van der Waals surface area (Å²) >= 11 is 3.66. The van der Waals surface area contributed by atoms with Gasteiger partial charge in [-0.3, -0.25) is 14.4 Å². The van der Waals surface area contributed by atoms with E-state index in [4.69, 9.17) is 4.74 Å². The number of para-hydroxylation sites is 1. The molecule has 3 fully saturated rings. The van der Waals surface area contributed by atoms with Crippen molar-refractivity contribution >= 4 is 44.7 Å². The van der Waals surface area contributed by atoms with Gasteiger partial charge in [0.25, 0.3) is 0 Å². The van der Waals surface area contributed by atoms with Gasteiger partial charge in [-0.2, -0.15) is 0 Å². The Morgan fingerprint density at radius 2 is 2.06 bits per heavy atom. The van der Waals surface area contributed by atoms with Crippen LogP contribution in [0.3, 0.4) is 0 Å². The van der Waals surface area contributed by atoms with Gasteiger partial charge in [-0.1, -0.05) is 40.2 Å². The predicted octanol–water partition coefficient (Wildman–Crippen LogP) is 0.552. The molecule has 194 valence electrons. The van der Waals surface area contributed by atoms with E-state index in [0.29, 0.717) is 37.9 Å². The third kappa shape index (κ3) is 3.99. The van der Waals surface area contributed by atoms with Gasteiger partial charge in [0.05, 0.1) is 23.5 Å². The van der Waals surface area contributed by atoms with Crippen molar-refractivity contribution in [3.8, 4) is 0 Å². The number of likely N-dealkylation sites (tertiary alicyclic amines) is 1. The molecule has 3 N–H and O–H groups in total. The molecule has 1 aromatic heterocycles. The van der Waals surface area contributed by atoms with E-state index in [1.165, 1.54) is 0 Å². The first kappa shape index (κ1) is 25.1. The largest absolute Gasteiger partial charge is 0.396 e. The van der Waals surface area contributed by atoms with Gasteiger partial charge >= 0.3 is 0 Å². The molecular formula is C24H31BrN6O5. The number of halogens is 1. The van der Waals surface area contributed by atoms with Crippen molar-refractivity contribution in [1.29, 1.82) is 0 Å². The van der Waals surface area contributed by atoms with E-state index >= 15 is 0 Å². The molecule has 3 unspecified atom stereocenters. The summed E-state index contributed by atoms with van der Waals surface area (Å²) < 4.78 is 8.04. The van der Waals surface area contributed by atoms with E-state index in [0.717, 1.165) is 11.9 Å². The Bertz CT molecular complexity index is 1160. The number of benzene rings is 1. The topological polar surface area (TPSA) is 139 Å². The lowest BCUT2D eigenvalue weighted by Gasteiger charge is -2.34. The van der Waals surface area contributed by atoms with Crippen LogP contribution < -0.4 is 10.6 Å². The van der Waals surface area contributed by atoms with E-state index in [9.17, 15) is 19.5 Å². The molecule has 36 heavy (non-hydrogen) atoms. The van der Waals surface area contributed by atoms with Gasteiger partial charge in [0, 0.05) is 24.5 Å². The van der Waals surface area contributed by atoms with Gasteiger partial charge in [-0.15, -0.1) is 5.10 Å². The lowest BCUT2D eigenvalue weighted by Crippen LogP contribution is -2.56. The summed E-state index contributed by atoms with van der Waals surface area (Å²) in [5.74, 6) is -2.20. The number of carbonyl (C=O) groups excluding carboxylic acids is 3. The lowest BCUT2D eigenvalue weighted by atomic mass is 9.70. The van der Waals surface area contributed by atoms with Crippen molar-refractivity contribution in [2.24, 2.45) is 11.8 Å². The van der Waals surface area contributed by atoms with Crippen LogP contribution in [-0.2, 0) is 25.8 Å². The minimum Gasteiger partial charge on any atom is -0.396 e. The van der Waals surface area contributed by atoms with Crippen LogP contribution in [0.15, 0.2) is 24.3 Å². The number of aromatic nitrogens is 3. The van der Waals surface area contributed by atoms with E-state index in [2.05, 4.69) is 36.9 Å². The number of fused-ring (bicyclic) bond motifs is 2. The average molecular weight is 563 g/mol. The summed E-state index contributed by atoms with van der Waals surface area (Å²) in [7, 11) is 0. The number of nitrogens with one attached hydrogen (secondary N) is 2. The molecule has 11 nitrogen and oxygen atoms in total. The second-order valence-corrected chi connectivity index (χ2v) is 10.9. The smallest absolute Gasteiger partial charge is 0.247 e. The average Bonchev–Trinajstić information content (AvgIpc) is 3.59. The number of hydrogen-bond donors (Lipinski definition) is 3. The highest BCUT2D eigenvalue weighted by atomic mass is 79.9. The molecule has 0 radical (unpaired) electrons. The van der Waals surface area contributed by atoms with Gasteiger partial charge in [-0.05, 0) is 37.8 Å². The fourth-order valence-electron chi connectivity index (χ4n) is 6.01. The molecule has 12 heteroatoms. The molecule has 6 atom stereocenters. The summed E-state index contributed by atoms with van der Waals surface area (Å²) in [5, 5.41) is 23.4. The first-order valence-corrected chi connectivity index (χ1v) is 13.4. The summed E-state index contributed by atoms with van der Waals surface area (Å²) in [4.78, 5) is 42.0. The number of aliphatic hydroxyl groups is 1. The van der Waals surface area contributed by atoms with Crippen LogP contribution in [0.1, 0.15) is 32.6 Å². The zero-order chi connectivity index (χ0) is 25.4. The van der Waals surface area contributed by atoms with Crippen LogP contribution in [0.4, 0.5) is 0 Å². The Kier molecular flexibility index (Phi) is 7.01. The Morgan fingerprint density at radius 3 is 2.83 bits per heavy atom. The highest BCUT2D eigenvalue weighted by molar-refractivity contribution is 9.09. The minimum absolute atomic E-state index is 0.00304. The van der Waals surface area contributed by atoms with Crippen molar-refractivity contribution in [3.63, 3.8) is 0 Å². The van der Waals surface area contributed by atoms with Crippen LogP contribution in [0.25, 0.3) is 11.0 Å². The highest BCUT2D eigenvalue weighted by Gasteiger charge is 2.76. The van der Waals surface area contributed by atoms with Crippen molar-refractivity contribution in [2.45, 2.75) is 61.8 Å². The molecule has 3 saturated heterocycles. The summed E-state index contributed by atoms with van der Waals surface area (Å²) in [6, 6.07) is 6.56. The molecule has 3 aliphatic rings. The molecule has 3 amide bonds. The van der Waals surface area contributed by atoms with Gasteiger partial charge in [-0.25, -0.2) is 4.68 Å². The van der Waals surface area contributed by atoms with Gasteiger partial charge < -0.3 is 25.4 Å². The fraction of sp³-hybridized carbons (Fsp3) is 0.625. The maximum Gasteiger partial charge on any atom is 0.247 e. The van der Waals surface area contributed by atoms with Crippen LogP contribution in [0.5, 0.6) is 0 Å². The van der Waals surface area contributed by atoms with Crippen molar-refractivity contribution in [2.75, 3.05) is 19.7 Å². The minimum atomic E-state index is -1.10. The summed E-state index contributed by atoms with van der Waals surface area (Å²) in [6.45, 7) is 2.85. The molecule has 4 heterocycles. The number of amides is 3. The van der Waals surface area contributed by atoms with Crippen molar-refractivity contribution < 1.29 is 24.2 Å². The number of ether oxygens (including phenoxy) is 1. The maximum atomic E-state index is 13.8. The zero-order valence-corrected chi connectivity index (χ0v) is 21.7. The zero-order valence-electron chi connectivity index (χ0n) is 20.1. The SMILES string of the molecule is CCCNC(=O)[C@H]1[C@@H]2OC3(CC2Br)C(C(=O)NCn2nnc4ccccc42)N(CCCCO)C(=O)[C@H]13. The molecule has 1 aromatic carbocycles. The van der Waals surface area contributed by atoms with Gasteiger partial charge in [0.2, 0.25) is 17.7 Å². The first-order valence-electron chi connectivity index (χ1n) is 12.5. The molecule has 2 aromatic rings. The Morgan fingerprint density at radius 1 is 1.25 bits per heavy atom. The second-order valence-electron chi connectivity index (χ2n) is 9.69. The van der Waals surface area contributed by atoms with E-state index < -0.39 is 29.6 Å². The number of aliphatic hydroxyl groups excluding tert-OH is 1. The number of nitrogens with zero attached hydrogens (tertiary/aromatic N) is 4. The Hall–Kier alpha value is -2.57. The summed E-state index contributed by atoms with van der Waals surface area (Å²) in [6.07, 6.45) is 1.79. The van der Waals surface area contributed by atoms with Crippen LogP contribution in [-0.4, -0.2) is 85.0 Å². The van der Waals surface area contributed by atoms with Crippen LogP contribution >= 0.6 is 15.9 Å². The predicted molar refractivity (Wildman–Crippen MR) is 133 cm³/mol. The molecule has 1 spiro atoms. The third-order valence-corrected chi connectivity index (χ3v) is 8.36. The molecule has 2 bridgehead atoms. The van der Waals surface area contributed by atoms with Crippen LogP contribution in [0.2, 0.25) is 0 Å². The molecule has 0 aliphatic carbocycles. The molecule has 5 rings (SSSR count). The van der Waals surface area contributed by atoms with E-state index in [1.807, 2.05) is 31.2 Å². The second kappa shape index (κ2) is 10.1. The maximum absolute atomic E-state index is 13.8. The lowest BCUT2D eigenvalue weighted by molar-refractivity contribution is -0.142. The van der Waals surface area contributed by atoms with Gasteiger partial charge in [0.15, 0.2) is 0 Å². The number of carbonyl (C=O) groups is 3. The Balaban J connectivity index is 1.43.